The van der Waals surface area contributed by atoms with E-state index in [0.717, 1.165) is 31.5 Å². The molecule has 1 aromatic carbocycles. The molecule has 3 nitrogen and oxygen atoms in total. The molecule has 0 aliphatic carbocycles. The van der Waals surface area contributed by atoms with E-state index >= 15 is 0 Å². The lowest BCUT2D eigenvalue weighted by Crippen LogP contribution is -2.31. The number of nitrogens with zero attached hydrogens (tertiary/aromatic N) is 1. The van der Waals surface area contributed by atoms with Crippen molar-refractivity contribution in [2.45, 2.75) is 19.3 Å². The van der Waals surface area contributed by atoms with Crippen molar-refractivity contribution >= 4 is 27.5 Å². The Hall–Kier alpha value is -1.55. The number of aryl methyl sites for hydroxylation is 1. The van der Waals surface area contributed by atoms with Gasteiger partial charge in [0.05, 0.1) is 0 Å². The lowest BCUT2D eigenvalue weighted by atomic mass is 10.1. The van der Waals surface area contributed by atoms with Gasteiger partial charge in [-0.2, -0.15) is 0 Å². The van der Waals surface area contributed by atoms with E-state index in [-0.39, 0.29) is 5.91 Å². The van der Waals surface area contributed by atoms with Crippen LogP contribution in [-0.2, 0) is 6.42 Å². The van der Waals surface area contributed by atoms with Crippen LogP contribution >= 0.6 is 15.9 Å². The SMILES string of the molecule is O=C(c1ccc(Br)o1)N1CCCCc2ccccc21. The molecule has 0 saturated carbocycles. The van der Waals surface area contributed by atoms with Gasteiger partial charge in [-0.05, 0) is 59.0 Å². The van der Waals surface area contributed by atoms with Gasteiger partial charge in [0.15, 0.2) is 10.4 Å². The smallest absolute Gasteiger partial charge is 0.294 e. The number of hydrogen-bond donors (Lipinski definition) is 0. The van der Waals surface area contributed by atoms with E-state index in [4.69, 9.17) is 4.42 Å². The number of furan rings is 1. The summed E-state index contributed by atoms with van der Waals surface area (Å²) in [6.07, 6.45) is 3.16. The molecule has 1 aliphatic rings. The summed E-state index contributed by atoms with van der Waals surface area (Å²) < 4.78 is 5.96. The third-order valence-electron chi connectivity index (χ3n) is 3.39. The molecule has 1 aliphatic heterocycles. The Morgan fingerprint density at radius 1 is 1.16 bits per heavy atom. The Labute approximate surface area is 120 Å². The molecule has 1 amide bonds. The molecular weight excluding hydrogens is 306 g/mol. The Morgan fingerprint density at radius 3 is 2.79 bits per heavy atom. The Kier molecular flexibility index (Phi) is 3.42. The molecule has 0 atom stereocenters. The minimum Gasteiger partial charge on any atom is -0.444 e. The quantitative estimate of drug-likeness (QED) is 0.795. The van der Waals surface area contributed by atoms with Crippen LogP contribution in [0.15, 0.2) is 45.5 Å². The van der Waals surface area contributed by atoms with Crippen LogP contribution in [0.1, 0.15) is 29.0 Å². The predicted octanol–water partition coefficient (Wildman–Crippen LogP) is 4.03. The van der Waals surface area contributed by atoms with Gasteiger partial charge >= 0.3 is 0 Å². The molecule has 0 radical (unpaired) electrons. The molecule has 1 aromatic heterocycles. The first-order valence-corrected chi connectivity index (χ1v) is 7.20. The van der Waals surface area contributed by atoms with Crippen molar-refractivity contribution < 1.29 is 9.21 Å². The number of hydrogen-bond acceptors (Lipinski definition) is 2. The van der Waals surface area contributed by atoms with Crippen molar-refractivity contribution in [3.05, 3.63) is 52.4 Å². The van der Waals surface area contributed by atoms with Crippen molar-refractivity contribution in [3.8, 4) is 0 Å². The van der Waals surface area contributed by atoms with Crippen LogP contribution in [0.4, 0.5) is 5.69 Å². The second-order valence-corrected chi connectivity index (χ2v) is 5.43. The monoisotopic (exact) mass is 319 g/mol. The fraction of sp³-hybridized carbons (Fsp3) is 0.267. The molecule has 4 heteroatoms. The normalized spacial score (nSPS) is 14.9. The standard InChI is InChI=1S/C15H14BrNO2/c16-14-9-8-13(19-14)15(18)17-10-4-3-6-11-5-1-2-7-12(11)17/h1-2,5,7-9H,3-4,6,10H2. The minimum atomic E-state index is -0.0694. The highest BCUT2D eigenvalue weighted by Crippen LogP contribution is 2.28. The minimum absolute atomic E-state index is 0.0694. The fourth-order valence-electron chi connectivity index (χ4n) is 2.46. The lowest BCUT2D eigenvalue weighted by molar-refractivity contribution is 0.0959. The number of carbonyl (C=O) groups is 1. The van der Waals surface area contributed by atoms with E-state index < -0.39 is 0 Å². The molecule has 0 saturated heterocycles. The first-order valence-electron chi connectivity index (χ1n) is 6.41. The molecule has 0 unspecified atom stereocenters. The third-order valence-corrected chi connectivity index (χ3v) is 3.82. The topological polar surface area (TPSA) is 33.5 Å². The molecular formula is C15H14BrNO2. The van der Waals surface area contributed by atoms with E-state index in [1.165, 1.54) is 5.56 Å². The van der Waals surface area contributed by atoms with E-state index in [2.05, 4.69) is 22.0 Å². The summed E-state index contributed by atoms with van der Waals surface area (Å²) in [5.74, 6) is 0.309. The average molecular weight is 320 g/mol. The summed E-state index contributed by atoms with van der Waals surface area (Å²) in [7, 11) is 0. The van der Waals surface area contributed by atoms with Crippen LogP contribution in [0.2, 0.25) is 0 Å². The van der Waals surface area contributed by atoms with Crippen molar-refractivity contribution in [3.63, 3.8) is 0 Å². The van der Waals surface area contributed by atoms with Crippen LogP contribution < -0.4 is 4.90 Å². The number of halogens is 1. The first-order chi connectivity index (χ1) is 9.25. The number of rotatable bonds is 1. The highest BCUT2D eigenvalue weighted by molar-refractivity contribution is 9.10. The van der Waals surface area contributed by atoms with Crippen LogP contribution in [0, 0.1) is 0 Å². The molecule has 0 fully saturated rings. The molecule has 19 heavy (non-hydrogen) atoms. The van der Waals surface area contributed by atoms with Crippen molar-refractivity contribution in [2.24, 2.45) is 0 Å². The summed E-state index contributed by atoms with van der Waals surface area (Å²) in [6, 6.07) is 11.6. The second-order valence-electron chi connectivity index (χ2n) is 4.65. The number of anilines is 1. The highest BCUT2D eigenvalue weighted by atomic mass is 79.9. The van der Waals surface area contributed by atoms with Crippen molar-refractivity contribution in [2.75, 3.05) is 11.4 Å². The van der Waals surface area contributed by atoms with Gasteiger partial charge in [0, 0.05) is 12.2 Å². The zero-order chi connectivity index (χ0) is 13.2. The maximum atomic E-state index is 12.5. The number of fused-ring (bicyclic) bond motifs is 1. The van der Waals surface area contributed by atoms with Gasteiger partial charge in [-0.1, -0.05) is 18.2 Å². The van der Waals surface area contributed by atoms with Gasteiger partial charge in [-0.25, -0.2) is 0 Å². The lowest BCUT2D eigenvalue weighted by Gasteiger charge is -2.21. The first kappa shape index (κ1) is 12.5. The maximum Gasteiger partial charge on any atom is 0.294 e. The fourth-order valence-corrected chi connectivity index (χ4v) is 2.77. The van der Waals surface area contributed by atoms with Crippen LogP contribution in [-0.4, -0.2) is 12.5 Å². The summed E-state index contributed by atoms with van der Waals surface area (Å²) in [5.41, 5.74) is 2.25. The summed E-state index contributed by atoms with van der Waals surface area (Å²) in [6.45, 7) is 0.744. The summed E-state index contributed by atoms with van der Waals surface area (Å²) in [4.78, 5) is 14.4. The summed E-state index contributed by atoms with van der Waals surface area (Å²) in [5, 5.41) is 0. The molecule has 0 spiro atoms. The Bertz CT molecular complexity index is 606. The number of para-hydroxylation sites is 1. The van der Waals surface area contributed by atoms with Crippen LogP contribution in [0.3, 0.4) is 0 Å². The Morgan fingerprint density at radius 2 is 2.00 bits per heavy atom. The maximum absolute atomic E-state index is 12.5. The molecule has 3 rings (SSSR count). The molecule has 0 bridgehead atoms. The van der Waals surface area contributed by atoms with E-state index in [0.29, 0.717) is 10.4 Å². The van der Waals surface area contributed by atoms with Crippen molar-refractivity contribution in [1.82, 2.24) is 0 Å². The summed E-state index contributed by atoms with van der Waals surface area (Å²) >= 11 is 3.23. The van der Waals surface area contributed by atoms with Gasteiger partial charge < -0.3 is 9.32 Å². The van der Waals surface area contributed by atoms with E-state index in [1.54, 1.807) is 12.1 Å². The molecule has 98 valence electrons. The van der Waals surface area contributed by atoms with Crippen molar-refractivity contribution in [1.29, 1.82) is 0 Å². The number of carbonyl (C=O) groups excluding carboxylic acids is 1. The third kappa shape index (κ3) is 2.45. The average Bonchev–Trinajstić information content (AvgIpc) is 2.74. The highest BCUT2D eigenvalue weighted by Gasteiger charge is 2.24. The van der Waals surface area contributed by atoms with Gasteiger partial charge in [-0.15, -0.1) is 0 Å². The van der Waals surface area contributed by atoms with E-state index in [9.17, 15) is 4.79 Å². The zero-order valence-corrected chi connectivity index (χ0v) is 12.0. The van der Waals surface area contributed by atoms with Gasteiger partial charge in [0.2, 0.25) is 0 Å². The van der Waals surface area contributed by atoms with Crippen LogP contribution in [0.25, 0.3) is 0 Å². The van der Waals surface area contributed by atoms with Gasteiger partial charge in [0.25, 0.3) is 5.91 Å². The second kappa shape index (κ2) is 5.21. The van der Waals surface area contributed by atoms with Gasteiger partial charge in [0.1, 0.15) is 0 Å². The zero-order valence-electron chi connectivity index (χ0n) is 10.4. The largest absolute Gasteiger partial charge is 0.444 e. The predicted molar refractivity (Wildman–Crippen MR) is 77.5 cm³/mol. The number of benzene rings is 1. The van der Waals surface area contributed by atoms with Gasteiger partial charge in [-0.3, -0.25) is 4.79 Å². The van der Waals surface area contributed by atoms with E-state index in [1.807, 2.05) is 23.1 Å². The Balaban J connectivity index is 1.98. The number of amides is 1. The molecule has 2 aromatic rings. The molecule has 2 heterocycles. The van der Waals surface area contributed by atoms with Crippen LogP contribution in [0.5, 0.6) is 0 Å². The molecule has 0 N–H and O–H groups in total.